The zero-order chi connectivity index (χ0) is 28.9. The van der Waals surface area contributed by atoms with Gasteiger partial charge in [-0.25, -0.2) is 14.2 Å². The number of benzene rings is 1. The number of ether oxygens (including phenoxy) is 1. The molecule has 1 amide bonds. The van der Waals surface area contributed by atoms with E-state index < -0.39 is 47.2 Å². The van der Waals surface area contributed by atoms with Crippen molar-refractivity contribution in [1.29, 1.82) is 0 Å². The largest absolute Gasteiger partial charge is 0.458 e. The predicted octanol–water partition coefficient (Wildman–Crippen LogP) is 2.55. The second-order valence-corrected chi connectivity index (χ2v) is 10.4. The number of aromatic nitrogens is 2. The number of alkyl halides is 3. The highest BCUT2D eigenvalue weighted by Gasteiger charge is 2.47. The van der Waals surface area contributed by atoms with Crippen LogP contribution in [-0.2, 0) is 39.5 Å². The molecule has 9 nitrogen and oxygen atoms in total. The number of rotatable bonds is 3. The summed E-state index contributed by atoms with van der Waals surface area (Å²) in [6.07, 6.45) is -8.16. The number of esters is 1. The molecule has 13 heteroatoms. The minimum absolute atomic E-state index is 0.0693. The average Bonchev–Trinajstić information content (AvgIpc) is 3.27. The van der Waals surface area contributed by atoms with Crippen molar-refractivity contribution < 1.29 is 42.1 Å². The number of nitrogens with one attached hydrogen (secondary N) is 1. The van der Waals surface area contributed by atoms with Crippen LogP contribution < -0.4 is 10.9 Å². The van der Waals surface area contributed by atoms with Crippen molar-refractivity contribution in [2.45, 2.75) is 70.2 Å². The first-order chi connectivity index (χ1) is 18.8. The van der Waals surface area contributed by atoms with E-state index in [1.54, 1.807) is 13.8 Å². The summed E-state index contributed by atoms with van der Waals surface area (Å²) >= 11 is 0. The number of cyclic esters (lactones) is 1. The molecule has 0 saturated carbocycles. The van der Waals surface area contributed by atoms with Gasteiger partial charge in [-0.15, -0.1) is 0 Å². The Morgan fingerprint density at radius 1 is 1.27 bits per heavy atom. The van der Waals surface area contributed by atoms with Crippen LogP contribution in [0.25, 0.3) is 22.3 Å². The highest BCUT2D eigenvalue weighted by Crippen LogP contribution is 2.46. The molecule has 2 aliphatic heterocycles. The number of aryl methyl sites for hydroxylation is 1. The number of amides is 1. The van der Waals surface area contributed by atoms with Crippen molar-refractivity contribution in [3.05, 3.63) is 61.7 Å². The Hall–Kier alpha value is -3.84. The number of nitrogens with zero attached hydrogens (tertiary/aromatic N) is 2. The summed E-state index contributed by atoms with van der Waals surface area (Å²) in [5.41, 5.74) is -0.122. The minimum Gasteiger partial charge on any atom is -0.458 e. The SMILES string of the molecule is CC[C@@]1(O)C(=O)OCc2c1cc1n(c2=O)Cc2c-1nc1cc(F)c(C)c3c1c2[C@@H](NC(=O)[C@@H](O)C(F)(F)F)CC3. The average molecular weight is 561 g/mol. The topological polar surface area (TPSA) is 131 Å². The lowest BCUT2D eigenvalue weighted by Gasteiger charge is -2.31. The second kappa shape index (κ2) is 8.58. The van der Waals surface area contributed by atoms with Gasteiger partial charge in [0.05, 0.1) is 35.1 Å². The van der Waals surface area contributed by atoms with E-state index in [0.717, 1.165) is 0 Å². The molecule has 3 aromatic rings. The van der Waals surface area contributed by atoms with Crippen molar-refractivity contribution in [3.63, 3.8) is 0 Å². The fourth-order valence-electron chi connectivity index (χ4n) is 6.10. The maximum absolute atomic E-state index is 14.9. The molecule has 6 rings (SSSR count). The van der Waals surface area contributed by atoms with E-state index in [9.17, 15) is 42.2 Å². The fraction of sp³-hybridized carbons (Fsp3) is 0.407. The van der Waals surface area contributed by atoms with Crippen LogP contribution in [0.5, 0.6) is 0 Å². The van der Waals surface area contributed by atoms with Crippen LogP contribution in [0.2, 0.25) is 0 Å². The monoisotopic (exact) mass is 561 g/mol. The van der Waals surface area contributed by atoms with Crippen LogP contribution >= 0.6 is 0 Å². The van der Waals surface area contributed by atoms with Gasteiger partial charge in [0.1, 0.15) is 12.4 Å². The van der Waals surface area contributed by atoms with Crippen LogP contribution in [0.4, 0.5) is 17.6 Å². The number of pyridine rings is 2. The number of hydrogen-bond donors (Lipinski definition) is 3. The minimum atomic E-state index is -5.18. The Balaban J connectivity index is 1.60. The molecule has 3 aliphatic rings. The van der Waals surface area contributed by atoms with Crippen molar-refractivity contribution in [2.24, 2.45) is 0 Å². The quantitative estimate of drug-likeness (QED) is 0.259. The van der Waals surface area contributed by atoms with E-state index in [1.807, 2.05) is 0 Å². The third kappa shape index (κ3) is 3.53. The zero-order valence-corrected chi connectivity index (χ0v) is 21.3. The highest BCUT2D eigenvalue weighted by atomic mass is 19.4. The van der Waals surface area contributed by atoms with Gasteiger partial charge in [-0.2, -0.15) is 13.2 Å². The number of aliphatic hydroxyl groups excluding tert-OH is 1. The molecular weight excluding hydrogens is 538 g/mol. The Labute approximate surface area is 223 Å². The van der Waals surface area contributed by atoms with Gasteiger partial charge in [-0.3, -0.25) is 9.59 Å². The van der Waals surface area contributed by atoms with Crippen LogP contribution in [0.3, 0.4) is 0 Å². The van der Waals surface area contributed by atoms with E-state index >= 15 is 0 Å². The van der Waals surface area contributed by atoms with Crippen LogP contribution in [0, 0.1) is 12.7 Å². The molecule has 2 aromatic heterocycles. The molecule has 3 atom stereocenters. The van der Waals surface area contributed by atoms with Crippen LogP contribution in [0.1, 0.15) is 59.2 Å². The normalized spacial score (nSPS) is 21.9. The second-order valence-electron chi connectivity index (χ2n) is 10.4. The van der Waals surface area contributed by atoms with Gasteiger partial charge in [0, 0.05) is 22.6 Å². The third-order valence-corrected chi connectivity index (χ3v) is 8.25. The molecular formula is C27H23F4N3O6. The lowest BCUT2D eigenvalue weighted by atomic mass is 9.81. The molecule has 0 bridgehead atoms. The maximum atomic E-state index is 14.9. The standard InChI is InChI=1S/C27H23F4N3O6/c1-3-26(39)14-6-18-21-12(8-34(18)24(37)13(14)9-40-25(26)38)20-16(33-23(36)22(35)27(29,30)31)5-4-11-10(2)15(28)7-17(32-21)19(11)20/h6-7,16,22,35,39H,3-5,8-9H2,1-2H3,(H,33,36)/t16-,22+,26-/m0/s1. The van der Waals surface area contributed by atoms with Crippen molar-refractivity contribution >= 4 is 22.8 Å². The van der Waals surface area contributed by atoms with E-state index in [2.05, 4.69) is 10.3 Å². The van der Waals surface area contributed by atoms with Gasteiger partial charge < -0.3 is 24.8 Å². The fourth-order valence-corrected chi connectivity index (χ4v) is 6.10. The molecule has 4 heterocycles. The summed E-state index contributed by atoms with van der Waals surface area (Å²) in [5, 5.41) is 23.4. The summed E-state index contributed by atoms with van der Waals surface area (Å²) in [5.74, 6) is -3.08. The predicted molar refractivity (Wildman–Crippen MR) is 130 cm³/mol. The summed E-state index contributed by atoms with van der Waals surface area (Å²) < 4.78 is 60.6. The number of aliphatic hydroxyl groups is 2. The number of carbonyl (C=O) groups excluding carboxylic acids is 2. The van der Waals surface area contributed by atoms with E-state index in [-0.39, 0.29) is 60.4 Å². The van der Waals surface area contributed by atoms with E-state index in [1.165, 1.54) is 16.7 Å². The number of hydrogen-bond acceptors (Lipinski definition) is 7. The smallest absolute Gasteiger partial charge is 0.423 e. The van der Waals surface area contributed by atoms with E-state index in [0.29, 0.717) is 27.6 Å². The molecule has 1 aliphatic carbocycles. The third-order valence-electron chi connectivity index (χ3n) is 8.25. The zero-order valence-electron chi connectivity index (χ0n) is 21.3. The van der Waals surface area contributed by atoms with E-state index in [4.69, 9.17) is 4.74 Å². The summed E-state index contributed by atoms with van der Waals surface area (Å²) in [6, 6.07) is 1.65. The lowest BCUT2D eigenvalue weighted by molar-refractivity contribution is -0.205. The van der Waals surface area contributed by atoms with Gasteiger partial charge in [-0.05, 0) is 48.9 Å². The van der Waals surface area contributed by atoms with Gasteiger partial charge in [0.25, 0.3) is 11.5 Å². The Kier molecular flexibility index (Phi) is 5.66. The molecule has 210 valence electrons. The van der Waals surface area contributed by atoms with Gasteiger partial charge in [0.15, 0.2) is 5.60 Å². The Morgan fingerprint density at radius 3 is 2.67 bits per heavy atom. The molecule has 0 unspecified atom stereocenters. The van der Waals surface area contributed by atoms with Crippen molar-refractivity contribution in [3.8, 4) is 11.4 Å². The highest BCUT2D eigenvalue weighted by molar-refractivity contribution is 5.94. The summed E-state index contributed by atoms with van der Waals surface area (Å²) in [7, 11) is 0. The molecule has 0 radical (unpaired) electrons. The van der Waals surface area contributed by atoms with Crippen LogP contribution in [-0.4, -0.2) is 43.9 Å². The molecule has 0 fully saturated rings. The Bertz CT molecular complexity index is 1720. The molecule has 0 saturated heterocycles. The van der Waals surface area contributed by atoms with Gasteiger partial charge in [0.2, 0.25) is 6.10 Å². The summed E-state index contributed by atoms with van der Waals surface area (Å²) in [6.45, 7) is 2.71. The Morgan fingerprint density at radius 2 is 2.00 bits per heavy atom. The first-order valence-electron chi connectivity index (χ1n) is 12.6. The molecule has 3 N–H and O–H groups in total. The van der Waals surface area contributed by atoms with Gasteiger partial charge >= 0.3 is 12.1 Å². The number of fused-ring (bicyclic) bond motifs is 5. The summed E-state index contributed by atoms with van der Waals surface area (Å²) in [4.78, 5) is 43.1. The first-order valence-corrected chi connectivity index (χ1v) is 12.6. The maximum Gasteiger partial charge on any atom is 0.423 e. The van der Waals surface area contributed by atoms with Gasteiger partial charge in [-0.1, -0.05) is 6.92 Å². The van der Waals surface area contributed by atoms with Crippen molar-refractivity contribution in [2.75, 3.05) is 0 Å². The lowest BCUT2D eigenvalue weighted by Crippen LogP contribution is -2.45. The molecule has 1 aromatic carbocycles. The number of halogens is 4. The van der Waals surface area contributed by atoms with Crippen LogP contribution in [0.15, 0.2) is 16.9 Å². The first kappa shape index (κ1) is 26.4. The number of carbonyl (C=O) groups is 2. The molecule has 40 heavy (non-hydrogen) atoms. The molecule has 0 spiro atoms. The van der Waals surface area contributed by atoms with Crippen molar-refractivity contribution in [1.82, 2.24) is 14.9 Å².